The van der Waals surface area contributed by atoms with Crippen LogP contribution in [-0.2, 0) is 11.2 Å². The Kier molecular flexibility index (Phi) is 3.02. The number of ether oxygens (including phenoxy) is 1. The molecule has 2 heterocycles. The third-order valence-corrected chi connectivity index (χ3v) is 2.55. The van der Waals surface area contributed by atoms with E-state index in [2.05, 4.69) is 28.6 Å². The molecule has 0 saturated heterocycles. The van der Waals surface area contributed by atoms with Gasteiger partial charge >= 0.3 is 0 Å². The van der Waals surface area contributed by atoms with Crippen LogP contribution in [0.1, 0.15) is 17.9 Å². The Hall–Kier alpha value is -1.35. The van der Waals surface area contributed by atoms with Crippen molar-refractivity contribution in [1.29, 1.82) is 0 Å². The molecule has 0 saturated carbocycles. The standard InChI is InChI=1S/C12H16N2O/c1-10-11-6-3-4-8-14(11)12(13-10)7-5-9-15-2/h3-4,6,8H,5,7,9H2,1-2H3. The Morgan fingerprint density at radius 3 is 3.07 bits per heavy atom. The fourth-order valence-electron chi connectivity index (χ4n) is 1.82. The number of imidazole rings is 1. The van der Waals surface area contributed by atoms with Crippen molar-refractivity contribution in [3.05, 3.63) is 35.9 Å². The van der Waals surface area contributed by atoms with Crippen molar-refractivity contribution in [2.45, 2.75) is 19.8 Å². The van der Waals surface area contributed by atoms with Gasteiger partial charge in [-0.3, -0.25) is 0 Å². The van der Waals surface area contributed by atoms with Crippen LogP contribution in [0.5, 0.6) is 0 Å². The molecule has 0 aliphatic carbocycles. The maximum Gasteiger partial charge on any atom is 0.113 e. The highest BCUT2D eigenvalue weighted by Crippen LogP contribution is 2.12. The molecule has 15 heavy (non-hydrogen) atoms. The van der Waals surface area contributed by atoms with Crippen LogP contribution in [0.15, 0.2) is 24.4 Å². The van der Waals surface area contributed by atoms with Gasteiger partial charge in [-0.15, -0.1) is 0 Å². The molecule has 2 aromatic rings. The van der Waals surface area contributed by atoms with E-state index in [1.54, 1.807) is 7.11 Å². The lowest BCUT2D eigenvalue weighted by Crippen LogP contribution is -1.97. The normalized spacial score (nSPS) is 11.1. The number of fused-ring (bicyclic) bond motifs is 1. The van der Waals surface area contributed by atoms with Crippen LogP contribution in [0, 0.1) is 6.92 Å². The van der Waals surface area contributed by atoms with Crippen molar-refractivity contribution in [1.82, 2.24) is 9.38 Å². The van der Waals surface area contributed by atoms with Gasteiger partial charge in [0, 0.05) is 26.3 Å². The number of methoxy groups -OCH3 is 1. The first-order chi connectivity index (χ1) is 7.33. The van der Waals surface area contributed by atoms with Gasteiger partial charge in [0.1, 0.15) is 5.82 Å². The lowest BCUT2D eigenvalue weighted by atomic mass is 10.3. The molecule has 3 nitrogen and oxygen atoms in total. The van der Waals surface area contributed by atoms with E-state index in [9.17, 15) is 0 Å². The molecule has 0 aromatic carbocycles. The maximum absolute atomic E-state index is 5.05. The Bertz CT molecular complexity index is 448. The topological polar surface area (TPSA) is 26.5 Å². The molecule has 80 valence electrons. The van der Waals surface area contributed by atoms with Crippen LogP contribution in [0.4, 0.5) is 0 Å². The number of nitrogens with zero attached hydrogens (tertiary/aromatic N) is 2. The lowest BCUT2D eigenvalue weighted by molar-refractivity contribution is 0.194. The minimum absolute atomic E-state index is 0.792. The van der Waals surface area contributed by atoms with Crippen LogP contribution >= 0.6 is 0 Å². The summed E-state index contributed by atoms with van der Waals surface area (Å²) in [6.07, 6.45) is 4.05. The second kappa shape index (κ2) is 4.45. The summed E-state index contributed by atoms with van der Waals surface area (Å²) in [5.74, 6) is 1.13. The minimum atomic E-state index is 0.792. The molecule has 2 aromatic heterocycles. The van der Waals surface area contributed by atoms with E-state index < -0.39 is 0 Å². The summed E-state index contributed by atoms with van der Waals surface area (Å²) < 4.78 is 7.20. The van der Waals surface area contributed by atoms with E-state index in [4.69, 9.17) is 4.74 Å². The second-order valence-electron chi connectivity index (χ2n) is 3.67. The maximum atomic E-state index is 5.05. The smallest absolute Gasteiger partial charge is 0.113 e. The van der Waals surface area contributed by atoms with Crippen LogP contribution in [0.25, 0.3) is 5.52 Å². The van der Waals surface area contributed by atoms with Crippen molar-refractivity contribution >= 4 is 5.52 Å². The quantitative estimate of drug-likeness (QED) is 0.714. The summed E-state index contributed by atoms with van der Waals surface area (Å²) in [5, 5.41) is 0. The fourth-order valence-corrected chi connectivity index (χ4v) is 1.82. The molecule has 0 unspecified atom stereocenters. The highest BCUT2D eigenvalue weighted by molar-refractivity contribution is 5.52. The first kappa shape index (κ1) is 10.2. The third-order valence-electron chi connectivity index (χ3n) is 2.55. The van der Waals surface area contributed by atoms with Gasteiger partial charge in [0.15, 0.2) is 0 Å². The third kappa shape index (κ3) is 2.02. The van der Waals surface area contributed by atoms with Gasteiger partial charge < -0.3 is 9.14 Å². The fraction of sp³-hybridized carbons (Fsp3) is 0.417. The van der Waals surface area contributed by atoms with Crippen molar-refractivity contribution in [2.24, 2.45) is 0 Å². The Balaban J connectivity index is 2.27. The number of aromatic nitrogens is 2. The van der Waals surface area contributed by atoms with Crippen LogP contribution < -0.4 is 0 Å². The number of hydrogen-bond donors (Lipinski definition) is 0. The predicted octanol–water partition coefficient (Wildman–Crippen LogP) is 2.22. The Morgan fingerprint density at radius 2 is 2.27 bits per heavy atom. The van der Waals surface area contributed by atoms with Gasteiger partial charge in [-0.1, -0.05) is 6.07 Å². The van der Waals surface area contributed by atoms with E-state index in [1.165, 1.54) is 5.52 Å². The van der Waals surface area contributed by atoms with E-state index in [-0.39, 0.29) is 0 Å². The molecule has 0 spiro atoms. The highest BCUT2D eigenvalue weighted by Gasteiger charge is 2.05. The molecule has 2 rings (SSSR count). The molecule has 0 N–H and O–H groups in total. The average molecular weight is 204 g/mol. The largest absolute Gasteiger partial charge is 0.385 e. The molecule has 0 radical (unpaired) electrons. The monoisotopic (exact) mass is 204 g/mol. The lowest BCUT2D eigenvalue weighted by Gasteiger charge is -2.00. The summed E-state index contributed by atoms with van der Waals surface area (Å²) in [4.78, 5) is 4.57. The van der Waals surface area contributed by atoms with Gasteiger partial charge in [0.2, 0.25) is 0 Å². The van der Waals surface area contributed by atoms with Crippen LogP contribution in [0.2, 0.25) is 0 Å². The summed E-state index contributed by atoms with van der Waals surface area (Å²) in [6, 6.07) is 6.18. The zero-order chi connectivity index (χ0) is 10.7. The molecule has 0 amide bonds. The van der Waals surface area contributed by atoms with Gasteiger partial charge in [-0.25, -0.2) is 4.98 Å². The van der Waals surface area contributed by atoms with Crippen molar-refractivity contribution < 1.29 is 4.74 Å². The summed E-state index contributed by atoms with van der Waals surface area (Å²) in [7, 11) is 1.73. The number of rotatable bonds is 4. The zero-order valence-corrected chi connectivity index (χ0v) is 9.23. The number of hydrogen-bond acceptors (Lipinski definition) is 2. The molecular weight excluding hydrogens is 188 g/mol. The van der Waals surface area contributed by atoms with E-state index >= 15 is 0 Å². The molecule has 0 aliphatic heterocycles. The SMILES string of the molecule is COCCCc1nc(C)c2ccccn12. The second-order valence-corrected chi connectivity index (χ2v) is 3.67. The molecule has 3 heteroatoms. The summed E-state index contributed by atoms with van der Waals surface area (Å²) in [5.41, 5.74) is 2.30. The first-order valence-corrected chi connectivity index (χ1v) is 5.24. The highest BCUT2D eigenvalue weighted by atomic mass is 16.5. The van der Waals surface area contributed by atoms with E-state index in [0.717, 1.165) is 31.0 Å². The van der Waals surface area contributed by atoms with Crippen molar-refractivity contribution in [3.63, 3.8) is 0 Å². The van der Waals surface area contributed by atoms with E-state index in [1.807, 2.05) is 12.1 Å². The molecule has 0 atom stereocenters. The van der Waals surface area contributed by atoms with Crippen molar-refractivity contribution in [3.8, 4) is 0 Å². The van der Waals surface area contributed by atoms with Gasteiger partial charge in [-0.05, 0) is 25.5 Å². The van der Waals surface area contributed by atoms with Crippen molar-refractivity contribution in [2.75, 3.05) is 13.7 Å². The summed E-state index contributed by atoms with van der Waals surface area (Å²) in [6.45, 7) is 2.84. The average Bonchev–Trinajstić information content (AvgIpc) is 2.58. The molecule has 0 bridgehead atoms. The van der Waals surface area contributed by atoms with Crippen LogP contribution in [-0.4, -0.2) is 23.1 Å². The first-order valence-electron chi connectivity index (χ1n) is 5.24. The van der Waals surface area contributed by atoms with E-state index in [0.29, 0.717) is 0 Å². The molecule has 0 fully saturated rings. The molecular formula is C12H16N2O. The zero-order valence-electron chi connectivity index (χ0n) is 9.23. The summed E-state index contributed by atoms with van der Waals surface area (Å²) >= 11 is 0. The van der Waals surface area contributed by atoms with Crippen LogP contribution in [0.3, 0.4) is 0 Å². The molecule has 0 aliphatic rings. The predicted molar refractivity (Wildman–Crippen MR) is 60.1 cm³/mol. The van der Waals surface area contributed by atoms with Gasteiger partial charge in [0.05, 0.1) is 11.2 Å². The number of aryl methyl sites for hydroxylation is 2. The van der Waals surface area contributed by atoms with Gasteiger partial charge in [-0.2, -0.15) is 0 Å². The number of pyridine rings is 1. The van der Waals surface area contributed by atoms with Gasteiger partial charge in [0.25, 0.3) is 0 Å². The Labute approximate surface area is 89.7 Å². The Morgan fingerprint density at radius 1 is 1.40 bits per heavy atom. The minimum Gasteiger partial charge on any atom is -0.385 e.